The second kappa shape index (κ2) is 9.06. The van der Waals surface area contributed by atoms with E-state index in [0.717, 1.165) is 12.3 Å². The number of anilines is 2. The van der Waals surface area contributed by atoms with Gasteiger partial charge in [0, 0.05) is 19.3 Å². The quantitative estimate of drug-likeness (QED) is 0.566. The molecule has 3 heterocycles. The van der Waals surface area contributed by atoms with Crippen molar-refractivity contribution in [2.75, 3.05) is 24.7 Å². The van der Waals surface area contributed by atoms with Gasteiger partial charge in [-0.2, -0.15) is 5.10 Å². The smallest absolute Gasteiger partial charge is 0.410 e. The lowest BCUT2D eigenvalue weighted by Gasteiger charge is -2.33. The molecule has 0 atom stereocenters. The molecule has 0 radical (unpaired) electrons. The van der Waals surface area contributed by atoms with Crippen LogP contribution in [0.25, 0.3) is 11.0 Å². The molecule has 0 saturated carbocycles. The molecule has 1 fully saturated rings. The number of ether oxygens (including phenoxy) is 1. The number of aryl methyl sites for hydroxylation is 1. The monoisotopic (exact) mass is 504 g/mol. The number of hydrogen-bond donors (Lipinski definition) is 1. The fraction of sp³-hybridized carbons (Fsp3) is 0.478. The highest BCUT2D eigenvalue weighted by Gasteiger charge is 2.29. The fourth-order valence-corrected chi connectivity index (χ4v) is 4.70. The number of piperidine rings is 1. The van der Waals surface area contributed by atoms with Crippen LogP contribution in [0.3, 0.4) is 0 Å². The lowest BCUT2D eigenvalue weighted by atomic mass is 10.1. The third kappa shape index (κ3) is 5.37. The Hall–Kier alpha value is -3.28. The van der Waals surface area contributed by atoms with E-state index >= 15 is 0 Å². The Bertz CT molecular complexity index is 1370. The predicted molar refractivity (Wildman–Crippen MR) is 129 cm³/mol. The van der Waals surface area contributed by atoms with E-state index in [2.05, 4.69) is 20.4 Å². The largest absolute Gasteiger partial charge is 0.444 e. The van der Waals surface area contributed by atoms with Gasteiger partial charge in [-0.05, 0) is 58.7 Å². The molecule has 0 spiro atoms. The van der Waals surface area contributed by atoms with Crippen LogP contribution in [0.2, 0.25) is 0 Å². The number of aromatic nitrogens is 4. The lowest BCUT2D eigenvalue weighted by molar-refractivity contribution is 0.0186. The number of nitrogens with zero attached hydrogens (tertiary/aromatic N) is 5. The summed E-state index contributed by atoms with van der Waals surface area (Å²) in [7, 11) is -3.52. The number of halogens is 1. The fourth-order valence-electron chi connectivity index (χ4n) is 4.07. The summed E-state index contributed by atoms with van der Waals surface area (Å²) in [5.41, 5.74) is 0.818. The maximum Gasteiger partial charge on any atom is 0.410 e. The van der Waals surface area contributed by atoms with Gasteiger partial charge in [0.2, 0.25) is 0 Å². The summed E-state index contributed by atoms with van der Waals surface area (Å²) in [6, 6.07) is 3.71. The average molecular weight is 505 g/mol. The standard InChI is InChI=1S/C23H29FN6O4S/c1-14-19-20(27-18-7-6-16(12-17(18)24)35(5,32)33)25-13-26-21(19)30(28-14)15-8-10-29(11-9-15)22(31)34-23(2,3)4/h6-7,12-13,15H,8-11H2,1-5H3,(H,25,26,27). The molecule has 0 bridgehead atoms. The Kier molecular flexibility index (Phi) is 6.43. The summed E-state index contributed by atoms with van der Waals surface area (Å²) < 4.78 is 45.3. The van der Waals surface area contributed by atoms with E-state index in [1.54, 1.807) is 4.90 Å². The molecule has 1 N–H and O–H groups in total. The number of rotatable bonds is 4. The van der Waals surface area contributed by atoms with Crippen molar-refractivity contribution in [1.29, 1.82) is 0 Å². The minimum Gasteiger partial charge on any atom is -0.444 e. The zero-order valence-corrected chi connectivity index (χ0v) is 21.2. The van der Waals surface area contributed by atoms with Crippen molar-refractivity contribution < 1.29 is 22.3 Å². The summed E-state index contributed by atoms with van der Waals surface area (Å²) in [5.74, 6) is -0.338. The van der Waals surface area contributed by atoms with E-state index in [9.17, 15) is 17.6 Å². The molecule has 1 aromatic carbocycles. The number of sulfone groups is 1. The van der Waals surface area contributed by atoms with Gasteiger partial charge in [-0.1, -0.05) is 0 Å². The van der Waals surface area contributed by atoms with Crippen LogP contribution < -0.4 is 5.32 Å². The van der Waals surface area contributed by atoms with E-state index in [4.69, 9.17) is 4.74 Å². The van der Waals surface area contributed by atoms with E-state index in [1.165, 1.54) is 18.5 Å². The van der Waals surface area contributed by atoms with Gasteiger partial charge in [0.1, 0.15) is 23.6 Å². The molecule has 12 heteroatoms. The molecule has 4 rings (SSSR count). The van der Waals surface area contributed by atoms with Crippen LogP contribution >= 0.6 is 0 Å². The van der Waals surface area contributed by atoms with Gasteiger partial charge in [-0.3, -0.25) is 0 Å². The number of amides is 1. The normalized spacial score (nSPS) is 15.4. The zero-order valence-electron chi connectivity index (χ0n) is 20.4. The molecule has 1 amide bonds. The predicted octanol–water partition coefficient (Wildman–Crippen LogP) is 3.99. The summed E-state index contributed by atoms with van der Waals surface area (Å²) in [6.07, 6.45) is 3.45. The molecule has 1 aliphatic heterocycles. The minimum atomic E-state index is -3.52. The van der Waals surface area contributed by atoms with Gasteiger partial charge < -0.3 is 15.0 Å². The van der Waals surface area contributed by atoms with Crippen molar-refractivity contribution in [2.24, 2.45) is 0 Å². The molecule has 3 aromatic rings. The molecule has 2 aromatic heterocycles. The molecule has 188 valence electrons. The maximum atomic E-state index is 14.6. The molecule has 0 aliphatic carbocycles. The van der Waals surface area contributed by atoms with Gasteiger partial charge in [-0.15, -0.1) is 0 Å². The molecule has 35 heavy (non-hydrogen) atoms. The highest BCUT2D eigenvalue weighted by atomic mass is 32.2. The van der Waals surface area contributed by atoms with Crippen LogP contribution in [0.15, 0.2) is 29.4 Å². The van der Waals surface area contributed by atoms with Crippen LogP contribution in [-0.4, -0.2) is 64.1 Å². The highest BCUT2D eigenvalue weighted by molar-refractivity contribution is 7.90. The van der Waals surface area contributed by atoms with E-state index in [-0.39, 0.29) is 22.7 Å². The number of nitrogens with one attached hydrogen (secondary N) is 1. The van der Waals surface area contributed by atoms with Crippen LogP contribution in [0.4, 0.5) is 20.7 Å². The van der Waals surface area contributed by atoms with Crippen molar-refractivity contribution in [3.8, 4) is 0 Å². The van der Waals surface area contributed by atoms with Crippen LogP contribution in [0.1, 0.15) is 45.3 Å². The highest BCUT2D eigenvalue weighted by Crippen LogP contribution is 2.32. The Morgan fingerprint density at radius 3 is 2.49 bits per heavy atom. The average Bonchev–Trinajstić information content (AvgIpc) is 3.11. The van der Waals surface area contributed by atoms with Gasteiger partial charge >= 0.3 is 6.09 Å². The van der Waals surface area contributed by atoms with Crippen LogP contribution in [0, 0.1) is 12.7 Å². The third-order valence-electron chi connectivity index (χ3n) is 5.75. The Labute approximate surface area is 203 Å². The van der Waals surface area contributed by atoms with Crippen LogP contribution in [-0.2, 0) is 14.6 Å². The van der Waals surface area contributed by atoms with E-state index < -0.39 is 21.3 Å². The van der Waals surface area contributed by atoms with E-state index in [1.807, 2.05) is 32.4 Å². The molecule has 10 nitrogen and oxygen atoms in total. The van der Waals surface area contributed by atoms with Gasteiger partial charge in [0.25, 0.3) is 0 Å². The first-order valence-electron chi connectivity index (χ1n) is 11.3. The first-order valence-corrected chi connectivity index (χ1v) is 13.2. The Morgan fingerprint density at radius 2 is 1.89 bits per heavy atom. The molecule has 1 aliphatic rings. The summed E-state index contributed by atoms with van der Waals surface area (Å²) in [6.45, 7) is 8.42. The van der Waals surface area contributed by atoms with Crippen molar-refractivity contribution in [1.82, 2.24) is 24.6 Å². The lowest BCUT2D eigenvalue weighted by Crippen LogP contribution is -2.42. The minimum absolute atomic E-state index is 0.0263. The number of carbonyl (C=O) groups is 1. The van der Waals surface area contributed by atoms with E-state index in [0.29, 0.717) is 48.5 Å². The molecule has 0 unspecified atom stereocenters. The second-order valence-electron chi connectivity index (χ2n) is 9.69. The Balaban J connectivity index is 1.56. The van der Waals surface area contributed by atoms with Crippen LogP contribution in [0.5, 0.6) is 0 Å². The third-order valence-corrected chi connectivity index (χ3v) is 6.86. The number of likely N-dealkylation sites (tertiary alicyclic amines) is 1. The van der Waals surface area contributed by atoms with Gasteiger partial charge in [0.15, 0.2) is 15.5 Å². The summed E-state index contributed by atoms with van der Waals surface area (Å²) in [4.78, 5) is 22.7. The van der Waals surface area contributed by atoms with Crippen molar-refractivity contribution in [2.45, 2.75) is 57.1 Å². The SMILES string of the molecule is Cc1nn(C2CCN(C(=O)OC(C)(C)C)CC2)c2ncnc(Nc3ccc(S(C)(=O)=O)cc3F)c12. The number of hydrogen-bond acceptors (Lipinski definition) is 8. The van der Waals surface area contributed by atoms with Crippen molar-refractivity contribution in [3.05, 3.63) is 36.0 Å². The topological polar surface area (TPSA) is 119 Å². The second-order valence-corrected chi connectivity index (χ2v) is 11.7. The molecular formula is C23H29FN6O4S. The molecular weight excluding hydrogens is 475 g/mol. The first-order chi connectivity index (χ1) is 16.3. The zero-order chi connectivity index (χ0) is 25.5. The summed E-state index contributed by atoms with van der Waals surface area (Å²) in [5, 5.41) is 8.28. The molecule has 1 saturated heterocycles. The Morgan fingerprint density at radius 1 is 1.20 bits per heavy atom. The maximum absolute atomic E-state index is 14.6. The number of carbonyl (C=O) groups excluding carboxylic acids is 1. The van der Waals surface area contributed by atoms with Crippen molar-refractivity contribution >= 4 is 38.5 Å². The summed E-state index contributed by atoms with van der Waals surface area (Å²) >= 11 is 0. The van der Waals surface area contributed by atoms with Gasteiger partial charge in [-0.25, -0.2) is 32.3 Å². The first kappa shape index (κ1) is 24.8. The van der Waals surface area contributed by atoms with Crippen molar-refractivity contribution in [3.63, 3.8) is 0 Å². The van der Waals surface area contributed by atoms with Gasteiger partial charge in [0.05, 0.1) is 27.7 Å². The number of benzene rings is 1. The number of fused-ring (bicyclic) bond motifs is 1.